The monoisotopic (exact) mass is 303 g/mol. The fraction of sp³-hybridized carbons (Fsp3) is 0.368. The smallest absolute Gasteiger partial charge is 0.0156 e. The standard InChI is InChI=1S/C19H25N.ClH/c1-19(2,20(3)4)15-18(16-11-7-5-8-12-16)17-13-9-6-10-14-17;/h5-14,18H,15H2,1-4H3;1H. The van der Waals surface area contributed by atoms with E-state index >= 15 is 0 Å². The molecule has 2 rings (SSSR count). The van der Waals surface area contributed by atoms with Gasteiger partial charge < -0.3 is 4.90 Å². The van der Waals surface area contributed by atoms with E-state index < -0.39 is 0 Å². The Morgan fingerprint density at radius 1 is 0.810 bits per heavy atom. The summed E-state index contributed by atoms with van der Waals surface area (Å²) in [6.45, 7) is 4.62. The number of hydrogen-bond donors (Lipinski definition) is 0. The van der Waals surface area contributed by atoms with Crippen LogP contribution in [-0.4, -0.2) is 24.5 Å². The highest BCUT2D eigenvalue weighted by molar-refractivity contribution is 5.85. The van der Waals surface area contributed by atoms with Crippen LogP contribution >= 0.6 is 12.4 Å². The summed E-state index contributed by atoms with van der Waals surface area (Å²) < 4.78 is 0. The third-order valence-corrected chi connectivity index (χ3v) is 4.32. The van der Waals surface area contributed by atoms with Crippen LogP contribution in [0.15, 0.2) is 60.7 Å². The quantitative estimate of drug-likeness (QED) is 0.753. The number of rotatable bonds is 5. The van der Waals surface area contributed by atoms with Crippen molar-refractivity contribution in [3.8, 4) is 0 Å². The largest absolute Gasteiger partial charge is 0.304 e. The van der Waals surface area contributed by atoms with Crippen molar-refractivity contribution in [2.75, 3.05) is 14.1 Å². The van der Waals surface area contributed by atoms with Gasteiger partial charge in [0.15, 0.2) is 0 Å². The molecule has 0 aromatic heterocycles. The molecule has 0 saturated carbocycles. The molecular formula is C19H26ClN. The summed E-state index contributed by atoms with van der Waals surface area (Å²) in [7, 11) is 4.32. The van der Waals surface area contributed by atoms with E-state index in [4.69, 9.17) is 0 Å². The molecule has 0 aliphatic heterocycles. The van der Waals surface area contributed by atoms with Crippen LogP contribution in [0.5, 0.6) is 0 Å². The third kappa shape index (κ3) is 4.59. The minimum Gasteiger partial charge on any atom is -0.304 e. The van der Waals surface area contributed by atoms with Gasteiger partial charge in [0.2, 0.25) is 0 Å². The molecule has 1 nitrogen and oxygen atoms in total. The van der Waals surface area contributed by atoms with E-state index in [1.165, 1.54) is 11.1 Å². The molecule has 21 heavy (non-hydrogen) atoms. The van der Waals surface area contributed by atoms with Gasteiger partial charge in [-0.25, -0.2) is 0 Å². The number of benzene rings is 2. The summed E-state index contributed by atoms with van der Waals surface area (Å²) in [5, 5.41) is 0. The van der Waals surface area contributed by atoms with E-state index in [0.29, 0.717) is 5.92 Å². The van der Waals surface area contributed by atoms with Crippen molar-refractivity contribution in [1.82, 2.24) is 4.90 Å². The van der Waals surface area contributed by atoms with E-state index in [2.05, 4.69) is 93.5 Å². The first kappa shape index (κ1) is 17.7. The van der Waals surface area contributed by atoms with Gasteiger partial charge in [0.05, 0.1) is 0 Å². The lowest BCUT2D eigenvalue weighted by molar-refractivity contribution is 0.176. The maximum Gasteiger partial charge on any atom is 0.0156 e. The Balaban J connectivity index is 0.00000220. The van der Waals surface area contributed by atoms with Crippen LogP contribution in [0, 0.1) is 0 Å². The molecule has 0 atom stereocenters. The van der Waals surface area contributed by atoms with E-state index in [1.807, 2.05) is 0 Å². The highest BCUT2D eigenvalue weighted by Gasteiger charge is 2.27. The van der Waals surface area contributed by atoms with Gasteiger partial charge in [-0.15, -0.1) is 12.4 Å². The van der Waals surface area contributed by atoms with Gasteiger partial charge in [-0.2, -0.15) is 0 Å². The van der Waals surface area contributed by atoms with Crippen molar-refractivity contribution in [3.63, 3.8) is 0 Å². The summed E-state index contributed by atoms with van der Waals surface area (Å²) in [5.41, 5.74) is 2.96. The molecule has 0 N–H and O–H groups in total. The molecule has 0 fully saturated rings. The molecule has 0 spiro atoms. The summed E-state index contributed by atoms with van der Waals surface area (Å²) in [6, 6.07) is 21.7. The van der Waals surface area contributed by atoms with E-state index in [0.717, 1.165) is 6.42 Å². The highest BCUT2D eigenvalue weighted by atomic mass is 35.5. The first-order valence-electron chi connectivity index (χ1n) is 7.28. The molecule has 0 aliphatic rings. The molecular weight excluding hydrogens is 278 g/mol. The van der Waals surface area contributed by atoms with Crippen molar-refractivity contribution in [2.45, 2.75) is 31.7 Å². The second kappa shape index (κ2) is 7.63. The van der Waals surface area contributed by atoms with Crippen molar-refractivity contribution < 1.29 is 0 Å². The molecule has 0 radical (unpaired) electrons. The minimum absolute atomic E-state index is 0. The van der Waals surface area contributed by atoms with Crippen LogP contribution in [0.3, 0.4) is 0 Å². The predicted molar refractivity (Wildman–Crippen MR) is 94.4 cm³/mol. The average molecular weight is 304 g/mol. The van der Waals surface area contributed by atoms with Crippen LogP contribution < -0.4 is 0 Å². The van der Waals surface area contributed by atoms with Gasteiger partial charge >= 0.3 is 0 Å². The lowest BCUT2D eigenvalue weighted by atomic mass is 9.81. The van der Waals surface area contributed by atoms with Crippen LogP contribution in [-0.2, 0) is 0 Å². The Hall–Kier alpha value is -1.31. The molecule has 0 saturated heterocycles. The zero-order valence-corrected chi connectivity index (χ0v) is 14.2. The Morgan fingerprint density at radius 2 is 1.19 bits per heavy atom. The van der Waals surface area contributed by atoms with Crippen LogP contribution in [0.4, 0.5) is 0 Å². The summed E-state index contributed by atoms with van der Waals surface area (Å²) >= 11 is 0. The average Bonchev–Trinajstić information content (AvgIpc) is 2.46. The van der Waals surface area contributed by atoms with Gasteiger partial charge in [0, 0.05) is 11.5 Å². The summed E-state index contributed by atoms with van der Waals surface area (Å²) in [5.74, 6) is 0.440. The first-order valence-corrected chi connectivity index (χ1v) is 7.28. The van der Waals surface area contributed by atoms with Gasteiger partial charge in [0.1, 0.15) is 0 Å². The molecule has 0 amide bonds. The van der Waals surface area contributed by atoms with E-state index in [9.17, 15) is 0 Å². The van der Waals surface area contributed by atoms with Crippen LogP contribution in [0.25, 0.3) is 0 Å². The summed E-state index contributed by atoms with van der Waals surface area (Å²) in [4.78, 5) is 2.31. The van der Waals surface area contributed by atoms with Gasteiger partial charge in [0.25, 0.3) is 0 Å². The van der Waals surface area contributed by atoms with Gasteiger partial charge in [-0.3, -0.25) is 0 Å². The second-order valence-corrected chi connectivity index (χ2v) is 6.28. The van der Waals surface area contributed by atoms with Gasteiger partial charge in [-0.05, 0) is 45.5 Å². The maximum atomic E-state index is 2.31. The first-order chi connectivity index (χ1) is 9.50. The molecule has 2 heteroatoms. The molecule has 0 unspecified atom stereocenters. The van der Waals surface area contributed by atoms with Crippen molar-refractivity contribution in [1.29, 1.82) is 0 Å². The lowest BCUT2D eigenvalue weighted by Crippen LogP contribution is -2.39. The van der Waals surface area contributed by atoms with Crippen LogP contribution in [0.1, 0.15) is 37.3 Å². The third-order valence-electron chi connectivity index (χ3n) is 4.32. The molecule has 2 aromatic carbocycles. The number of hydrogen-bond acceptors (Lipinski definition) is 1. The Labute approximate surface area is 135 Å². The summed E-state index contributed by atoms with van der Waals surface area (Å²) in [6.07, 6.45) is 1.11. The molecule has 0 bridgehead atoms. The number of nitrogens with zero attached hydrogens (tertiary/aromatic N) is 1. The highest BCUT2D eigenvalue weighted by Crippen LogP contribution is 2.34. The molecule has 0 aliphatic carbocycles. The lowest BCUT2D eigenvalue weighted by Gasteiger charge is -2.36. The predicted octanol–water partition coefficient (Wildman–Crippen LogP) is 4.97. The Bertz CT molecular complexity index is 480. The molecule has 2 aromatic rings. The van der Waals surface area contributed by atoms with E-state index in [-0.39, 0.29) is 17.9 Å². The minimum atomic E-state index is 0. The van der Waals surface area contributed by atoms with Crippen molar-refractivity contribution >= 4 is 12.4 Å². The topological polar surface area (TPSA) is 3.24 Å². The maximum absolute atomic E-state index is 2.31. The van der Waals surface area contributed by atoms with Crippen molar-refractivity contribution in [3.05, 3.63) is 71.8 Å². The Kier molecular flexibility index (Phi) is 6.44. The van der Waals surface area contributed by atoms with Crippen LogP contribution in [0.2, 0.25) is 0 Å². The second-order valence-electron chi connectivity index (χ2n) is 6.28. The van der Waals surface area contributed by atoms with E-state index in [1.54, 1.807) is 0 Å². The Morgan fingerprint density at radius 3 is 1.52 bits per heavy atom. The normalized spacial score (nSPS) is 11.5. The molecule has 114 valence electrons. The fourth-order valence-corrected chi connectivity index (χ4v) is 2.48. The number of halogens is 1. The SMILES string of the molecule is CN(C)C(C)(C)CC(c1ccccc1)c1ccccc1.Cl. The zero-order valence-electron chi connectivity index (χ0n) is 13.4. The molecule has 0 heterocycles. The fourth-order valence-electron chi connectivity index (χ4n) is 2.48. The zero-order chi connectivity index (χ0) is 14.6. The van der Waals surface area contributed by atoms with Gasteiger partial charge in [-0.1, -0.05) is 60.7 Å². The van der Waals surface area contributed by atoms with Crippen molar-refractivity contribution in [2.24, 2.45) is 0 Å².